The lowest BCUT2D eigenvalue weighted by Gasteiger charge is -2.26. The monoisotopic (exact) mass is 304 g/mol. The van der Waals surface area contributed by atoms with Crippen LogP contribution < -0.4 is 10.6 Å². The highest BCUT2D eigenvalue weighted by atomic mass is 35.5. The van der Waals surface area contributed by atoms with E-state index in [1.165, 1.54) is 0 Å². The minimum Gasteiger partial charge on any atom is -0.480 e. The van der Waals surface area contributed by atoms with E-state index >= 15 is 0 Å². The number of carbonyl (C=O) groups is 1. The second-order valence-corrected chi connectivity index (χ2v) is 4.90. The number of hydrogen-bond donors (Lipinski definition) is 2. The number of nitrogens with zero attached hydrogens (tertiary/aromatic N) is 1. The van der Waals surface area contributed by atoms with E-state index in [1.54, 1.807) is 0 Å². The smallest absolute Gasteiger partial charge is 0.320 e. The van der Waals surface area contributed by atoms with Gasteiger partial charge in [0.2, 0.25) is 0 Å². The molecule has 0 bridgehead atoms. The topological polar surface area (TPSA) is 66.6 Å². The highest BCUT2D eigenvalue weighted by Crippen LogP contribution is 2.21. The maximum atomic E-state index is 10.9. The van der Waals surface area contributed by atoms with E-state index in [9.17, 15) is 4.79 Å². The number of para-hydroxylation sites is 1. The molecule has 6 heteroatoms. The average Bonchev–Trinajstić information content (AvgIpc) is 2.39. The van der Waals surface area contributed by atoms with Crippen LogP contribution in [0.5, 0.6) is 0 Å². The Bertz CT molecular complexity index is 409. The third-order valence-electron chi connectivity index (χ3n) is 2.80. The molecular formula is C13H18Cl2N2O2. The molecule has 1 rings (SSSR count). The number of alkyl halides is 2. The molecule has 3 N–H and O–H groups in total. The van der Waals surface area contributed by atoms with Crippen molar-refractivity contribution < 1.29 is 9.90 Å². The first-order chi connectivity index (χ1) is 9.10. The zero-order valence-electron chi connectivity index (χ0n) is 10.6. The Morgan fingerprint density at radius 1 is 1.26 bits per heavy atom. The van der Waals surface area contributed by atoms with Crippen molar-refractivity contribution in [2.24, 2.45) is 5.73 Å². The van der Waals surface area contributed by atoms with E-state index in [2.05, 4.69) is 0 Å². The molecule has 106 valence electrons. The molecular weight excluding hydrogens is 287 g/mol. The Kier molecular flexibility index (Phi) is 6.99. The quantitative estimate of drug-likeness (QED) is 0.720. The molecule has 0 saturated carbocycles. The van der Waals surface area contributed by atoms with E-state index in [4.69, 9.17) is 34.0 Å². The van der Waals surface area contributed by atoms with Crippen LogP contribution in [0.1, 0.15) is 5.56 Å². The normalized spacial score (nSPS) is 12.2. The molecule has 1 aromatic rings. The van der Waals surface area contributed by atoms with Gasteiger partial charge in [-0.05, 0) is 11.6 Å². The van der Waals surface area contributed by atoms with Gasteiger partial charge in [0.25, 0.3) is 0 Å². The van der Waals surface area contributed by atoms with Crippen LogP contribution in [-0.2, 0) is 11.2 Å². The van der Waals surface area contributed by atoms with Gasteiger partial charge in [-0.1, -0.05) is 18.2 Å². The van der Waals surface area contributed by atoms with Crippen molar-refractivity contribution in [2.45, 2.75) is 12.5 Å². The summed E-state index contributed by atoms with van der Waals surface area (Å²) in [6.07, 6.45) is 0.284. The second kappa shape index (κ2) is 8.25. The lowest BCUT2D eigenvalue weighted by Crippen LogP contribution is -2.34. The summed E-state index contributed by atoms with van der Waals surface area (Å²) in [5, 5.41) is 8.90. The molecule has 0 fully saturated rings. The number of nitrogens with two attached hydrogens (primary N) is 1. The van der Waals surface area contributed by atoms with Gasteiger partial charge < -0.3 is 15.7 Å². The summed E-state index contributed by atoms with van der Waals surface area (Å²) in [6, 6.07) is 6.68. The molecule has 0 spiro atoms. The van der Waals surface area contributed by atoms with E-state index in [0.29, 0.717) is 24.8 Å². The fourth-order valence-corrected chi connectivity index (χ4v) is 2.28. The van der Waals surface area contributed by atoms with E-state index in [0.717, 1.165) is 11.3 Å². The molecule has 1 aromatic carbocycles. The van der Waals surface area contributed by atoms with E-state index in [-0.39, 0.29) is 6.42 Å². The van der Waals surface area contributed by atoms with Crippen LogP contribution >= 0.6 is 23.2 Å². The molecule has 1 atom stereocenters. The fraction of sp³-hybridized carbons (Fsp3) is 0.462. The molecule has 19 heavy (non-hydrogen) atoms. The number of rotatable bonds is 8. The third kappa shape index (κ3) is 4.90. The van der Waals surface area contributed by atoms with Crippen LogP contribution in [0.3, 0.4) is 0 Å². The molecule has 4 nitrogen and oxygen atoms in total. The third-order valence-corrected chi connectivity index (χ3v) is 3.14. The van der Waals surface area contributed by atoms with Gasteiger partial charge in [0.1, 0.15) is 6.04 Å². The molecule has 0 radical (unpaired) electrons. The predicted molar refractivity (Wildman–Crippen MR) is 79.4 cm³/mol. The number of benzene rings is 1. The lowest BCUT2D eigenvalue weighted by atomic mass is 10.0. The average molecular weight is 305 g/mol. The lowest BCUT2D eigenvalue weighted by molar-refractivity contribution is -0.138. The summed E-state index contributed by atoms with van der Waals surface area (Å²) in [4.78, 5) is 12.9. The van der Waals surface area contributed by atoms with Crippen molar-refractivity contribution in [1.82, 2.24) is 0 Å². The predicted octanol–water partition coefficient (Wildman–Crippen LogP) is 1.93. The molecule has 0 aromatic heterocycles. The van der Waals surface area contributed by atoms with Gasteiger partial charge >= 0.3 is 5.97 Å². The maximum Gasteiger partial charge on any atom is 0.320 e. The fourth-order valence-electron chi connectivity index (χ4n) is 1.87. The first-order valence-corrected chi connectivity index (χ1v) is 7.10. The Hall–Kier alpha value is -0.970. The summed E-state index contributed by atoms with van der Waals surface area (Å²) in [7, 11) is 0. The van der Waals surface area contributed by atoms with Gasteiger partial charge in [0.05, 0.1) is 0 Å². The number of anilines is 1. The number of aliphatic carboxylic acids is 1. The van der Waals surface area contributed by atoms with Gasteiger partial charge in [-0.2, -0.15) is 0 Å². The first-order valence-electron chi connectivity index (χ1n) is 6.03. The minimum absolute atomic E-state index is 0.284. The van der Waals surface area contributed by atoms with Crippen molar-refractivity contribution in [3.8, 4) is 0 Å². The zero-order chi connectivity index (χ0) is 14.3. The van der Waals surface area contributed by atoms with Crippen molar-refractivity contribution >= 4 is 34.9 Å². The minimum atomic E-state index is -1.00. The summed E-state index contributed by atoms with van der Waals surface area (Å²) in [5.74, 6) is -0.0390. The number of halogens is 2. The van der Waals surface area contributed by atoms with Crippen LogP contribution in [0.4, 0.5) is 5.69 Å². The maximum absolute atomic E-state index is 10.9. The van der Waals surface area contributed by atoms with Crippen molar-refractivity contribution in [3.63, 3.8) is 0 Å². The highest BCUT2D eigenvalue weighted by molar-refractivity contribution is 6.18. The van der Waals surface area contributed by atoms with Crippen LogP contribution in [0.25, 0.3) is 0 Å². The van der Waals surface area contributed by atoms with Gasteiger partial charge in [0, 0.05) is 37.0 Å². The summed E-state index contributed by atoms with van der Waals surface area (Å²) < 4.78 is 0. The Morgan fingerprint density at radius 2 is 1.84 bits per heavy atom. The molecule has 0 aliphatic carbocycles. The number of carboxylic acids is 1. The van der Waals surface area contributed by atoms with Crippen LogP contribution in [0, 0.1) is 0 Å². The van der Waals surface area contributed by atoms with E-state index < -0.39 is 12.0 Å². The molecule has 0 aliphatic rings. The van der Waals surface area contributed by atoms with Gasteiger partial charge in [-0.3, -0.25) is 4.79 Å². The van der Waals surface area contributed by atoms with Gasteiger partial charge in [-0.15, -0.1) is 23.2 Å². The van der Waals surface area contributed by atoms with Gasteiger partial charge in [0.15, 0.2) is 0 Å². The number of carboxylic acid groups (broad SMARTS) is 1. The molecule has 0 unspecified atom stereocenters. The Morgan fingerprint density at radius 3 is 2.37 bits per heavy atom. The number of hydrogen-bond acceptors (Lipinski definition) is 3. The highest BCUT2D eigenvalue weighted by Gasteiger charge is 2.16. The van der Waals surface area contributed by atoms with Crippen LogP contribution in [0.2, 0.25) is 0 Å². The van der Waals surface area contributed by atoms with E-state index in [1.807, 2.05) is 29.2 Å². The van der Waals surface area contributed by atoms with Crippen LogP contribution in [-0.4, -0.2) is 42.0 Å². The Balaban J connectivity index is 2.95. The summed E-state index contributed by atoms with van der Waals surface area (Å²) in [5.41, 5.74) is 7.44. The summed E-state index contributed by atoms with van der Waals surface area (Å²) >= 11 is 11.6. The SMILES string of the molecule is N[C@H](Cc1ccccc1N(CCCl)CCCl)C(=O)O. The first kappa shape index (κ1) is 16.1. The van der Waals surface area contributed by atoms with Gasteiger partial charge in [-0.25, -0.2) is 0 Å². The molecule has 0 aliphatic heterocycles. The molecule has 0 amide bonds. The van der Waals surface area contributed by atoms with Crippen molar-refractivity contribution in [2.75, 3.05) is 29.7 Å². The largest absolute Gasteiger partial charge is 0.480 e. The molecule has 0 heterocycles. The summed E-state index contributed by atoms with van der Waals surface area (Å²) in [6.45, 7) is 1.32. The molecule has 0 saturated heterocycles. The standard InChI is InChI=1S/C13H18Cl2N2O2/c14-5-7-17(8-6-15)12-4-2-1-3-10(12)9-11(16)13(18)19/h1-4,11H,5-9,16H2,(H,18,19)/t11-/m1/s1. The Labute approximate surface area is 123 Å². The van der Waals surface area contributed by atoms with Crippen LogP contribution in [0.15, 0.2) is 24.3 Å². The van der Waals surface area contributed by atoms with Crippen molar-refractivity contribution in [3.05, 3.63) is 29.8 Å². The zero-order valence-corrected chi connectivity index (χ0v) is 12.1. The van der Waals surface area contributed by atoms with Crippen molar-refractivity contribution in [1.29, 1.82) is 0 Å². The second-order valence-electron chi connectivity index (χ2n) is 4.14.